The minimum absolute atomic E-state index is 0.310. The van der Waals surface area contributed by atoms with E-state index in [9.17, 15) is 4.39 Å². The average Bonchev–Trinajstić information content (AvgIpc) is 2.18. The van der Waals surface area contributed by atoms with E-state index in [-0.39, 0.29) is 5.82 Å². The third-order valence-electron chi connectivity index (χ3n) is 2.06. The van der Waals surface area contributed by atoms with Gasteiger partial charge in [-0.25, -0.2) is 4.39 Å². The molecule has 0 aromatic heterocycles. The van der Waals surface area contributed by atoms with Crippen LogP contribution in [0.4, 0.5) is 10.1 Å². The summed E-state index contributed by atoms with van der Waals surface area (Å²) in [6, 6.07) is 1.25. The minimum Gasteiger partial charge on any atom is -0.398 e. The quantitative estimate of drug-likeness (QED) is 0.526. The molecule has 1 aromatic carbocycles. The molecule has 3 N–H and O–H groups in total. The van der Waals surface area contributed by atoms with Crippen molar-refractivity contribution in [2.75, 3.05) is 5.73 Å². The number of hydrogen-bond donors (Lipinski definition) is 2. The molecule has 1 rings (SSSR count). The van der Waals surface area contributed by atoms with Crippen LogP contribution in [0.3, 0.4) is 0 Å². The monoisotopic (exact) mass is 196 g/mol. The smallest absolute Gasteiger partial charge is 0.128 e. The third-order valence-corrected chi connectivity index (χ3v) is 2.06. The molecule has 1 aromatic rings. The standard InChI is InChI=1S/C9H11FN2.C2H6/c1-5-6(2)8(10)3-9(12)7(5)4-11;1-2/h3-4,11H,12H2,1-2H3;1-2H3. The maximum absolute atomic E-state index is 13.0. The summed E-state index contributed by atoms with van der Waals surface area (Å²) in [7, 11) is 0. The molecule has 3 heteroatoms. The first kappa shape index (κ1) is 12.6. The van der Waals surface area contributed by atoms with Gasteiger partial charge in [0.2, 0.25) is 0 Å². The number of nitrogens with two attached hydrogens (primary N) is 1. The molecular formula is C11H17FN2. The van der Waals surface area contributed by atoms with Gasteiger partial charge in [0, 0.05) is 17.5 Å². The number of nitrogens with one attached hydrogen (secondary N) is 1. The van der Waals surface area contributed by atoms with Gasteiger partial charge in [-0.15, -0.1) is 0 Å². The van der Waals surface area contributed by atoms with Crippen molar-refractivity contribution < 1.29 is 4.39 Å². The molecule has 0 radical (unpaired) electrons. The second kappa shape index (κ2) is 5.37. The molecule has 78 valence electrons. The molecule has 0 spiro atoms. The Morgan fingerprint density at radius 1 is 1.29 bits per heavy atom. The fourth-order valence-corrected chi connectivity index (χ4v) is 1.11. The molecule has 2 nitrogen and oxygen atoms in total. The van der Waals surface area contributed by atoms with Crippen molar-refractivity contribution in [2.24, 2.45) is 0 Å². The first-order valence-corrected chi connectivity index (χ1v) is 4.63. The number of anilines is 1. The van der Waals surface area contributed by atoms with Crippen LogP contribution in [0, 0.1) is 25.1 Å². The summed E-state index contributed by atoms with van der Waals surface area (Å²) in [5, 5.41) is 7.07. The number of rotatable bonds is 1. The van der Waals surface area contributed by atoms with Crippen LogP contribution in [0.2, 0.25) is 0 Å². The molecular weight excluding hydrogens is 179 g/mol. The topological polar surface area (TPSA) is 49.9 Å². The molecule has 0 unspecified atom stereocenters. The zero-order valence-electron chi connectivity index (χ0n) is 9.11. The van der Waals surface area contributed by atoms with Crippen LogP contribution in [-0.2, 0) is 0 Å². The molecule has 0 atom stereocenters. The Morgan fingerprint density at radius 2 is 1.79 bits per heavy atom. The molecule has 14 heavy (non-hydrogen) atoms. The molecule has 0 amide bonds. The van der Waals surface area contributed by atoms with Crippen molar-refractivity contribution in [1.82, 2.24) is 0 Å². The van der Waals surface area contributed by atoms with Crippen molar-refractivity contribution >= 4 is 11.9 Å². The normalized spacial score (nSPS) is 8.93. The number of benzene rings is 1. The molecule has 0 saturated carbocycles. The number of hydrogen-bond acceptors (Lipinski definition) is 2. The van der Waals surface area contributed by atoms with Crippen molar-refractivity contribution in [3.8, 4) is 0 Å². The summed E-state index contributed by atoms with van der Waals surface area (Å²) < 4.78 is 13.0. The zero-order valence-corrected chi connectivity index (χ0v) is 9.11. The van der Waals surface area contributed by atoms with Crippen LogP contribution in [0.15, 0.2) is 6.07 Å². The second-order valence-electron chi connectivity index (χ2n) is 2.76. The molecule has 0 fully saturated rings. The fourth-order valence-electron chi connectivity index (χ4n) is 1.11. The highest BCUT2D eigenvalue weighted by atomic mass is 19.1. The van der Waals surface area contributed by atoms with E-state index in [1.165, 1.54) is 6.07 Å². The Labute approximate surface area is 84.5 Å². The van der Waals surface area contributed by atoms with Crippen LogP contribution in [0.5, 0.6) is 0 Å². The summed E-state index contributed by atoms with van der Waals surface area (Å²) in [5.74, 6) is -0.310. The van der Waals surface area contributed by atoms with Gasteiger partial charge in [0.1, 0.15) is 5.82 Å². The Balaban J connectivity index is 0.000000791. The number of halogens is 1. The van der Waals surface area contributed by atoms with Crippen molar-refractivity contribution in [3.63, 3.8) is 0 Å². The molecule has 0 aliphatic carbocycles. The van der Waals surface area contributed by atoms with Gasteiger partial charge < -0.3 is 11.1 Å². The molecule has 0 bridgehead atoms. The van der Waals surface area contributed by atoms with E-state index in [1.807, 2.05) is 13.8 Å². The maximum Gasteiger partial charge on any atom is 0.128 e. The SMILES string of the molecule is CC.Cc1c(F)cc(N)c(C=N)c1C. The van der Waals surface area contributed by atoms with E-state index in [0.717, 1.165) is 11.8 Å². The van der Waals surface area contributed by atoms with E-state index in [0.29, 0.717) is 16.8 Å². The second-order valence-corrected chi connectivity index (χ2v) is 2.76. The van der Waals surface area contributed by atoms with E-state index >= 15 is 0 Å². The van der Waals surface area contributed by atoms with Crippen molar-refractivity contribution in [2.45, 2.75) is 27.7 Å². The molecule has 0 aliphatic rings. The van der Waals surface area contributed by atoms with E-state index in [1.54, 1.807) is 13.8 Å². The first-order chi connectivity index (χ1) is 6.57. The maximum atomic E-state index is 13.0. The third kappa shape index (κ3) is 2.31. The number of nitrogen functional groups attached to an aromatic ring is 1. The van der Waals surface area contributed by atoms with Crippen LogP contribution >= 0.6 is 0 Å². The summed E-state index contributed by atoms with van der Waals surface area (Å²) in [5.41, 5.74) is 7.74. The zero-order chi connectivity index (χ0) is 11.3. The molecule has 0 saturated heterocycles. The Kier molecular flexibility index (Phi) is 4.84. The minimum atomic E-state index is -0.310. The van der Waals surface area contributed by atoms with E-state index < -0.39 is 0 Å². The summed E-state index contributed by atoms with van der Waals surface area (Å²) in [4.78, 5) is 0. The Morgan fingerprint density at radius 3 is 2.21 bits per heavy atom. The summed E-state index contributed by atoms with van der Waals surface area (Å²) >= 11 is 0. The highest BCUT2D eigenvalue weighted by molar-refractivity contribution is 5.87. The van der Waals surface area contributed by atoms with Crippen molar-refractivity contribution in [3.05, 3.63) is 28.6 Å². The van der Waals surface area contributed by atoms with Gasteiger partial charge in [-0.3, -0.25) is 0 Å². The van der Waals surface area contributed by atoms with Crippen LogP contribution in [-0.4, -0.2) is 6.21 Å². The van der Waals surface area contributed by atoms with Crippen LogP contribution < -0.4 is 5.73 Å². The summed E-state index contributed by atoms with van der Waals surface area (Å²) in [6.45, 7) is 7.44. The van der Waals surface area contributed by atoms with Gasteiger partial charge in [0.15, 0.2) is 0 Å². The Bertz CT molecular complexity index is 333. The van der Waals surface area contributed by atoms with Gasteiger partial charge in [-0.2, -0.15) is 0 Å². The Hall–Kier alpha value is -1.38. The van der Waals surface area contributed by atoms with Crippen LogP contribution in [0.1, 0.15) is 30.5 Å². The van der Waals surface area contributed by atoms with E-state index in [4.69, 9.17) is 11.1 Å². The highest BCUT2D eigenvalue weighted by Crippen LogP contribution is 2.21. The lowest BCUT2D eigenvalue weighted by Gasteiger charge is -2.08. The average molecular weight is 196 g/mol. The van der Waals surface area contributed by atoms with Crippen LogP contribution in [0.25, 0.3) is 0 Å². The largest absolute Gasteiger partial charge is 0.398 e. The lowest BCUT2D eigenvalue weighted by molar-refractivity contribution is 0.617. The lowest BCUT2D eigenvalue weighted by atomic mass is 10.0. The van der Waals surface area contributed by atoms with Gasteiger partial charge >= 0.3 is 0 Å². The van der Waals surface area contributed by atoms with Gasteiger partial charge in [-0.1, -0.05) is 13.8 Å². The molecule has 0 aliphatic heterocycles. The fraction of sp³-hybridized carbons (Fsp3) is 0.364. The van der Waals surface area contributed by atoms with Gasteiger partial charge in [0.25, 0.3) is 0 Å². The van der Waals surface area contributed by atoms with Gasteiger partial charge in [-0.05, 0) is 31.0 Å². The van der Waals surface area contributed by atoms with E-state index in [2.05, 4.69) is 0 Å². The van der Waals surface area contributed by atoms with Crippen molar-refractivity contribution in [1.29, 1.82) is 5.41 Å². The van der Waals surface area contributed by atoms with Gasteiger partial charge in [0.05, 0.1) is 0 Å². The predicted octanol–water partition coefficient (Wildman–Crippen LogP) is 3.05. The first-order valence-electron chi connectivity index (χ1n) is 4.63. The lowest BCUT2D eigenvalue weighted by Crippen LogP contribution is -2.00. The predicted molar refractivity (Wildman–Crippen MR) is 59.5 cm³/mol. The highest BCUT2D eigenvalue weighted by Gasteiger charge is 2.07. The summed E-state index contributed by atoms with van der Waals surface area (Å²) in [6.07, 6.45) is 1.15. The molecule has 0 heterocycles.